The van der Waals surface area contributed by atoms with Crippen molar-refractivity contribution in [2.45, 2.75) is 156 Å². The van der Waals surface area contributed by atoms with Gasteiger partial charge in [0.1, 0.15) is 22.4 Å². The van der Waals surface area contributed by atoms with Gasteiger partial charge in [-0.3, -0.25) is 19.2 Å². The summed E-state index contributed by atoms with van der Waals surface area (Å²) in [6.07, 6.45) is 1.96. The Morgan fingerprint density at radius 3 is 0.902 bits per heavy atom. The van der Waals surface area contributed by atoms with E-state index in [0.717, 1.165) is 0 Å². The summed E-state index contributed by atoms with van der Waals surface area (Å²) in [5.41, 5.74) is -2.76. The predicted octanol–water partition coefficient (Wildman–Crippen LogP) is 5.94. The molecule has 0 bridgehead atoms. The van der Waals surface area contributed by atoms with Crippen LogP contribution in [0.15, 0.2) is 0 Å². The lowest BCUT2D eigenvalue weighted by Crippen LogP contribution is -2.46. The minimum absolute atomic E-state index is 0.307. The Bertz CT molecular complexity index is 866. The summed E-state index contributed by atoms with van der Waals surface area (Å²) in [6.45, 7) is 21.6. The number of carbonyl (C=O) groups excluding carboxylic acids is 4. The number of hydrogen-bond acceptors (Lipinski definition) is 9. The van der Waals surface area contributed by atoms with Crippen molar-refractivity contribution < 1.29 is 42.9 Å². The molecule has 2 saturated carbocycles. The van der Waals surface area contributed by atoms with E-state index in [1.54, 1.807) is 83.1 Å². The average molecular weight is 583 g/mol. The summed E-state index contributed by atoms with van der Waals surface area (Å²) < 4.78 is 29.1. The van der Waals surface area contributed by atoms with Crippen molar-refractivity contribution in [3.63, 3.8) is 0 Å². The molecule has 0 radical (unpaired) electrons. The Morgan fingerprint density at radius 2 is 0.659 bits per heavy atom. The van der Waals surface area contributed by atoms with E-state index >= 15 is 0 Å². The lowest BCUT2D eigenvalue weighted by Gasteiger charge is -2.40. The highest BCUT2D eigenvalue weighted by Crippen LogP contribution is 2.40. The van der Waals surface area contributed by atoms with Crippen LogP contribution < -0.4 is 0 Å². The van der Waals surface area contributed by atoms with Crippen molar-refractivity contribution in [1.82, 2.24) is 0 Å². The van der Waals surface area contributed by atoms with E-state index in [4.69, 9.17) is 23.7 Å². The maximum absolute atomic E-state index is 13.2. The van der Waals surface area contributed by atoms with Gasteiger partial charge in [0.15, 0.2) is 0 Å². The fourth-order valence-electron chi connectivity index (χ4n) is 5.38. The van der Waals surface area contributed by atoms with Gasteiger partial charge in [-0.25, -0.2) is 0 Å². The van der Waals surface area contributed by atoms with Gasteiger partial charge in [-0.2, -0.15) is 0 Å². The summed E-state index contributed by atoms with van der Waals surface area (Å²) in [5.74, 6) is -4.36. The Balaban J connectivity index is 2.21. The first kappa shape index (κ1) is 35.0. The maximum atomic E-state index is 13.2. The van der Waals surface area contributed by atoms with Crippen molar-refractivity contribution >= 4 is 23.9 Å². The Kier molecular flexibility index (Phi) is 11.1. The molecule has 9 heteroatoms. The van der Waals surface area contributed by atoms with E-state index in [-0.39, 0.29) is 12.2 Å². The summed E-state index contributed by atoms with van der Waals surface area (Å²) >= 11 is 0. The van der Waals surface area contributed by atoms with E-state index in [1.165, 1.54) is 0 Å². The predicted molar refractivity (Wildman–Crippen MR) is 154 cm³/mol. The second-order valence-corrected chi connectivity index (χ2v) is 15.6. The van der Waals surface area contributed by atoms with Gasteiger partial charge >= 0.3 is 23.9 Å². The van der Waals surface area contributed by atoms with E-state index in [2.05, 4.69) is 0 Å². The first-order valence-corrected chi connectivity index (χ1v) is 15.0. The van der Waals surface area contributed by atoms with Crippen LogP contribution >= 0.6 is 0 Å². The second-order valence-electron chi connectivity index (χ2n) is 15.6. The summed E-state index contributed by atoms with van der Waals surface area (Å²) in [5, 5.41) is 0. The second kappa shape index (κ2) is 13.0. The third-order valence-corrected chi connectivity index (χ3v) is 6.83. The number of hydrogen-bond donors (Lipinski definition) is 0. The van der Waals surface area contributed by atoms with Crippen molar-refractivity contribution in [3.05, 3.63) is 0 Å². The first-order chi connectivity index (χ1) is 18.4. The number of rotatable bonds is 6. The summed E-state index contributed by atoms with van der Waals surface area (Å²) in [7, 11) is 0. The van der Waals surface area contributed by atoms with Gasteiger partial charge < -0.3 is 23.7 Å². The molecule has 0 amide bonds. The van der Waals surface area contributed by atoms with Gasteiger partial charge in [0.05, 0.1) is 35.9 Å². The van der Waals surface area contributed by atoms with Gasteiger partial charge in [-0.15, -0.1) is 0 Å². The van der Waals surface area contributed by atoms with Crippen molar-refractivity contribution in [2.24, 2.45) is 23.7 Å². The lowest BCUT2D eigenvalue weighted by atomic mass is 9.76. The van der Waals surface area contributed by atoms with Crippen LogP contribution in [-0.4, -0.2) is 58.5 Å². The highest BCUT2D eigenvalue weighted by molar-refractivity contribution is 5.83. The van der Waals surface area contributed by atoms with Crippen molar-refractivity contribution in [3.8, 4) is 0 Å². The first-order valence-electron chi connectivity index (χ1n) is 15.0. The van der Waals surface area contributed by atoms with Crippen LogP contribution in [-0.2, 0) is 42.9 Å². The third kappa shape index (κ3) is 11.9. The largest absolute Gasteiger partial charge is 0.460 e. The highest BCUT2D eigenvalue weighted by atomic mass is 16.6. The molecular weight excluding hydrogens is 528 g/mol. The molecule has 9 nitrogen and oxygen atoms in total. The van der Waals surface area contributed by atoms with Gasteiger partial charge in [0, 0.05) is 0 Å². The molecule has 0 aromatic heterocycles. The molecule has 2 aliphatic rings. The lowest BCUT2D eigenvalue weighted by molar-refractivity contribution is -0.183. The molecule has 2 aliphatic carbocycles. The summed E-state index contributed by atoms with van der Waals surface area (Å²) in [6, 6.07) is 0. The normalized spacial score (nSPS) is 27.9. The SMILES string of the molecule is CC(C)(C)OC(=O)C1CCC(OC2CCC(C(=O)OC(C)(C)C)C(C(=O)OC(C)(C)C)C2)CC1C(=O)OC(C)(C)C. The van der Waals surface area contributed by atoms with Crippen LogP contribution in [0.25, 0.3) is 0 Å². The van der Waals surface area contributed by atoms with Crippen LogP contribution in [0.4, 0.5) is 0 Å². The van der Waals surface area contributed by atoms with Gasteiger partial charge in [0.2, 0.25) is 0 Å². The maximum Gasteiger partial charge on any atom is 0.310 e. The zero-order valence-electron chi connectivity index (χ0n) is 27.4. The zero-order valence-corrected chi connectivity index (χ0v) is 27.4. The molecular formula is C32H54O9. The monoisotopic (exact) mass is 582 g/mol. The molecule has 0 spiro atoms. The fraction of sp³-hybridized carbons (Fsp3) is 0.875. The minimum Gasteiger partial charge on any atom is -0.460 e. The Labute approximate surface area is 246 Å². The molecule has 2 rings (SSSR count). The molecule has 6 atom stereocenters. The smallest absolute Gasteiger partial charge is 0.310 e. The van der Waals surface area contributed by atoms with Crippen LogP contribution in [0.3, 0.4) is 0 Å². The summed E-state index contributed by atoms with van der Waals surface area (Å²) in [4.78, 5) is 52.6. The number of carbonyl (C=O) groups is 4. The molecule has 0 saturated heterocycles. The van der Waals surface area contributed by atoms with Crippen LogP contribution in [0.2, 0.25) is 0 Å². The fourth-order valence-corrected chi connectivity index (χ4v) is 5.38. The molecule has 0 aliphatic heterocycles. The number of ether oxygens (including phenoxy) is 5. The number of esters is 4. The molecule has 6 unspecified atom stereocenters. The van der Waals surface area contributed by atoms with E-state index in [9.17, 15) is 19.2 Å². The van der Waals surface area contributed by atoms with E-state index in [1.807, 2.05) is 0 Å². The highest BCUT2D eigenvalue weighted by Gasteiger charge is 2.47. The standard InChI is InChI=1S/C32H54O9/c1-29(2,3)38-25(33)21-15-13-19(17-23(21)27(35)40-31(7,8)9)37-20-14-16-22(26(34)39-30(4,5)6)24(18-20)28(36)41-32(10,11)12/h19-24H,13-18H2,1-12H3. The minimum atomic E-state index is -0.706. The van der Waals surface area contributed by atoms with Crippen LogP contribution in [0.5, 0.6) is 0 Å². The molecule has 0 aromatic carbocycles. The molecule has 0 heterocycles. The zero-order chi connectivity index (χ0) is 31.6. The average Bonchev–Trinajstić information content (AvgIpc) is 2.74. The van der Waals surface area contributed by atoms with Crippen LogP contribution in [0, 0.1) is 23.7 Å². The third-order valence-electron chi connectivity index (χ3n) is 6.83. The molecule has 0 N–H and O–H groups in total. The topological polar surface area (TPSA) is 114 Å². The molecule has 2 fully saturated rings. The molecule has 0 aromatic rings. The van der Waals surface area contributed by atoms with Gasteiger partial charge in [-0.05, 0) is 122 Å². The van der Waals surface area contributed by atoms with Gasteiger partial charge in [0.25, 0.3) is 0 Å². The molecule has 41 heavy (non-hydrogen) atoms. The van der Waals surface area contributed by atoms with Crippen molar-refractivity contribution in [1.29, 1.82) is 0 Å². The molecule has 236 valence electrons. The van der Waals surface area contributed by atoms with Crippen LogP contribution in [0.1, 0.15) is 122 Å². The van der Waals surface area contributed by atoms with E-state index < -0.39 is 70.0 Å². The van der Waals surface area contributed by atoms with Gasteiger partial charge in [-0.1, -0.05) is 0 Å². The Hall–Kier alpha value is -2.16. The quantitative estimate of drug-likeness (QED) is 0.277. The van der Waals surface area contributed by atoms with E-state index in [0.29, 0.717) is 38.5 Å². The Morgan fingerprint density at radius 1 is 0.415 bits per heavy atom. The van der Waals surface area contributed by atoms with Crippen molar-refractivity contribution in [2.75, 3.05) is 0 Å².